The molecule has 122 valence electrons. The summed E-state index contributed by atoms with van der Waals surface area (Å²) in [5.41, 5.74) is 0.482. The summed E-state index contributed by atoms with van der Waals surface area (Å²) in [5.74, 6) is 0.212. The lowest BCUT2D eigenvalue weighted by Gasteiger charge is -2.13. The maximum Gasteiger partial charge on any atom is 0.322 e. The second kappa shape index (κ2) is 6.82. The fourth-order valence-corrected chi connectivity index (χ4v) is 2.26. The molecule has 0 bridgehead atoms. The highest BCUT2D eigenvalue weighted by molar-refractivity contribution is 6.07. The fraction of sp³-hybridized carbons (Fsp3) is 0.118. The molecule has 2 aromatic rings. The molecule has 7 heteroatoms. The number of hydrogen-bond donors (Lipinski definition) is 3. The molecule has 2 aromatic carbocycles. The zero-order valence-corrected chi connectivity index (χ0v) is 12.6. The molecule has 7 nitrogen and oxygen atoms in total. The number of ether oxygens (including phenoxy) is 1. The molecule has 0 spiro atoms. The van der Waals surface area contributed by atoms with Gasteiger partial charge in [0.2, 0.25) is 5.91 Å². The molecule has 0 radical (unpaired) electrons. The van der Waals surface area contributed by atoms with Crippen molar-refractivity contribution >= 4 is 23.5 Å². The van der Waals surface area contributed by atoms with Crippen LogP contribution in [-0.4, -0.2) is 23.9 Å². The summed E-state index contributed by atoms with van der Waals surface area (Å²) in [6.07, 6.45) is -0.156. The van der Waals surface area contributed by atoms with Gasteiger partial charge in [-0.2, -0.15) is 0 Å². The summed E-state index contributed by atoms with van der Waals surface area (Å²) in [5, 5.41) is 7.17. The number of hydrogen-bond acceptors (Lipinski definition) is 4. The van der Waals surface area contributed by atoms with Gasteiger partial charge < -0.3 is 15.4 Å². The second-order valence-corrected chi connectivity index (χ2v) is 5.18. The molecule has 0 aliphatic carbocycles. The van der Waals surface area contributed by atoms with Crippen LogP contribution in [0.3, 0.4) is 0 Å². The van der Waals surface area contributed by atoms with Crippen LogP contribution in [0.4, 0.5) is 10.5 Å². The van der Waals surface area contributed by atoms with Gasteiger partial charge in [-0.15, -0.1) is 0 Å². The molecule has 1 saturated heterocycles. The normalized spacial score (nSPS) is 16.2. The van der Waals surface area contributed by atoms with Gasteiger partial charge in [0.25, 0.3) is 5.91 Å². The summed E-state index contributed by atoms with van der Waals surface area (Å²) in [6, 6.07) is 14.7. The highest BCUT2D eigenvalue weighted by Crippen LogP contribution is 2.29. The van der Waals surface area contributed by atoms with Crippen LogP contribution in [0.2, 0.25) is 0 Å². The van der Waals surface area contributed by atoms with E-state index in [1.165, 1.54) is 0 Å². The number of benzene rings is 2. The highest BCUT2D eigenvalue weighted by atomic mass is 16.5. The number of carbonyl (C=O) groups is 3. The predicted molar refractivity (Wildman–Crippen MR) is 86.7 cm³/mol. The van der Waals surface area contributed by atoms with Crippen molar-refractivity contribution in [3.05, 3.63) is 54.6 Å². The van der Waals surface area contributed by atoms with E-state index in [4.69, 9.17) is 4.74 Å². The fourth-order valence-electron chi connectivity index (χ4n) is 2.26. The number of anilines is 1. The van der Waals surface area contributed by atoms with Crippen molar-refractivity contribution in [1.29, 1.82) is 0 Å². The van der Waals surface area contributed by atoms with Gasteiger partial charge in [0.1, 0.15) is 11.8 Å². The van der Waals surface area contributed by atoms with E-state index in [1.54, 1.807) is 36.4 Å². The lowest BCUT2D eigenvalue weighted by atomic mass is 10.2. The second-order valence-electron chi connectivity index (χ2n) is 5.18. The van der Waals surface area contributed by atoms with Crippen LogP contribution in [0.5, 0.6) is 11.5 Å². The lowest BCUT2D eigenvalue weighted by molar-refractivity contribution is -0.124. The molecule has 0 saturated carbocycles. The third-order valence-corrected chi connectivity index (χ3v) is 3.38. The van der Waals surface area contributed by atoms with E-state index >= 15 is 0 Å². The zero-order valence-electron chi connectivity index (χ0n) is 12.6. The first-order valence-electron chi connectivity index (χ1n) is 7.35. The minimum atomic E-state index is -0.861. The van der Waals surface area contributed by atoms with Gasteiger partial charge >= 0.3 is 6.03 Å². The van der Waals surface area contributed by atoms with Crippen LogP contribution in [0.25, 0.3) is 0 Å². The topological polar surface area (TPSA) is 96.5 Å². The first-order chi connectivity index (χ1) is 11.6. The van der Waals surface area contributed by atoms with Crippen molar-refractivity contribution in [1.82, 2.24) is 10.6 Å². The Morgan fingerprint density at radius 2 is 1.75 bits per heavy atom. The van der Waals surface area contributed by atoms with Gasteiger partial charge in [-0.05, 0) is 24.3 Å². The molecule has 1 atom stereocenters. The molecule has 1 aliphatic heterocycles. The number of imide groups is 1. The van der Waals surface area contributed by atoms with Crippen LogP contribution >= 0.6 is 0 Å². The van der Waals surface area contributed by atoms with E-state index in [0.717, 1.165) is 0 Å². The maximum atomic E-state index is 12.1. The molecule has 1 unspecified atom stereocenters. The monoisotopic (exact) mass is 325 g/mol. The van der Waals surface area contributed by atoms with Crippen LogP contribution in [0, 0.1) is 0 Å². The number of para-hydroxylation sites is 3. The Bertz CT molecular complexity index is 776. The number of carbonyl (C=O) groups excluding carboxylic acids is 3. The highest BCUT2D eigenvalue weighted by Gasteiger charge is 2.31. The molecule has 3 N–H and O–H groups in total. The Morgan fingerprint density at radius 3 is 2.46 bits per heavy atom. The molecular weight excluding hydrogens is 310 g/mol. The summed E-state index contributed by atoms with van der Waals surface area (Å²) in [4.78, 5) is 34.7. The van der Waals surface area contributed by atoms with Crippen LogP contribution in [0.15, 0.2) is 54.6 Å². The van der Waals surface area contributed by atoms with E-state index < -0.39 is 23.9 Å². The van der Waals surface area contributed by atoms with Crippen LogP contribution < -0.4 is 20.7 Å². The molecule has 1 heterocycles. The summed E-state index contributed by atoms with van der Waals surface area (Å²) < 4.78 is 5.75. The summed E-state index contributed by atoms with van der Waals surface area (Å²) >= 11 is 0. The molecular formula is C17H15N3O4. The van der Waals surface area contributed by atoms with Gasteiger partial charge in [-0.1, -0.05) is 30.3 Å². The van der Waals surface area contributed by atoms with Gasteiger partial charge in [0.15, 0.2) is 5.75 Å². The Hall–Kier alpha value is -3.35. The number of urea groups is 1. The van der Waals surface area contributed by atoms with Gasteiger partial charge in [0, 0.05) is 0 Å². The predicted octanol–water partition coefficient (Wildman–Crippen LogP) is 2.02. The lowest BCUT2D eigenvalue weighted by Crippen LogP contribution is -2.33. The Labute approximate surface area is 138 Å². The van der Waals surface area contributed by atoms with Crippen LogP contribution in [0.1, 0.15) is 6.42 Å². The van der Waals surface area contributed by atoms with E-state index in [0.29, 0.717) is 17.2 Å². The third kappa shape index (κ3) is 3.70. The van der Waals surface area contributed by atoms with Crippen molar-refractivity contribution in [2.45, 2.75) is 12.5 Å². The minimum absolute atomic E-state index is 0.156. The van der Waals surface area contributed by atoms with Crippen molar-refractivity contribution < 1.29 is 19.1 Å². The van der Waals surface area contributed by atoms with Gasteiger partial charge in [-0.25, -0.2) is 4.79 Å². The summed E-state index contributed by atoms with van der Waals surface area (Å²) in [7, 11) is 0. The smallest absolute Gasteiger partial charge is 0.322 e. The molecule has 4 amide bonds. The average Bonchev–Trinajstić information content (AvgIpc) is 2.87. The van der Waals surface area contributed by atoms with Crippen LogP contribution in [-0.2, 0) is 9.59 Å². The number of rotatable bonds is 5. The molecule has 1 fully saturated rings. The zero-order chi connectivity index (χ0) is 16.9. The number of nitrogens with one attached hydrogen (secondary N) is 3. The summed E-state index contributed by atoms with van der Waals surface area (Å²) in [6.45, 7) is 0. The Kier molecular flexibility index (Phi) is 4.42. The molecule has 0 aromatic heterocycles. The first kappa shape index (κ1) is 15.5. The average molecular weight is 325 g/mol. The van der Waals surface area contributed by atoms with E-state index in [9.17, 15) is 14.4 Å². The van der Waals surface area contributed by atoms with Crippen molar-refractivity contribution in [3.63, 3.8) is 0 Å². The quantitative estimate of drug-likeness (QED) is 0.733. The number of amides is 4. The Morgan fingerprint density at radius 1 is 1.04 bits per heavy atom. The van der Waals surface area contributed by atoms with E-state index in [-0.39, 0.29) is 6.42 Å². The largest absolute Gasteiger partial charge is 0.455 e. The standard InChI is InChI=1S/C17H15N3O4/c21-15(10-13-16(22)20-17(23)19-13)18-12-8-4-5-9-14(12)24-11-6-2-1-3-7-11/h1-9,13H,10H2,(H,18,21)(H2,19,20,22,23). The Balaban J connectivity index is 1.68. The van der Waals surface area contributed by atoms with E-state index in [2.05, 4.69) is 16.0 Å². The molecule has 3 rings (SSSR count). The van der Waals surface area contributed by atoms with Gasteiger partial charge in [-0.3, -0.25) is 14.9 Å². The van der Waals surface area contributed by atoms with Crippen molar-refractivity contribution in [2.75, 3.05) is 5.32 Å². The van der Waals surface area contributed by atoms with Crippen molar-refractivity contribution in [3.8, 4) is 11.5 Å². The van der Waals surface area contributed by atoms with Crippen molar-refractivity contribution in [2.24, 2.45) is 0 Å². The maximum absolute atomic E-state index is 12.1. The van der Waals surface area contributed by atoms with E-state index in [1.807, 2.05) is 18.2 Å². The molecule has 24 heavy (non-hydrogen) atoms. The third-order valence-electron chi connectivity index (χ3n) is 3.38. The van der Waals surface area contributed by atoms with Gasteiger partial charge in [0.05, 0.1) is 12.1 Å². The first-order valence-corrected chi connectivity index (χ1v) is 7.35. The minimum Gasteiger partial charge on any atom is -0.455 e. The SMILES string of the molecule is O=C(CC1NC(=O)NC1=O)Nc1ccccc1Oc1ccccc1. The molecule has 1 aliphatic rings.